The second-order valence-corrected chi connectivity index (χ2v) is 10.7. The van der Waals surface area contributed by atoms with Gasteiger partial charge in [0.1, 0.15) is 5.69 Å². The Bertz CT molecular complexity index is 1200. The smallest absolute Gasteiger partial charge is 0.192 e. The normalized spacial score (nSPS) is 11.2. The summed E-state index contributed by atoms with van der Waals surface area (Å²) in [7, 11) is 4.60. The highest BCUT2D eigenvalue weighted by Crippen LogP contribution is 2.47. The van der Waals surface area contributed by atoms with Crippen molar-refractivity contribution < 1.29 is 4.57 Å². The lowest BCUT2D eigenvalue weighted by Crippen LogP contribution is -2.34. The van der Waals surface area contributed by atoms with Crippen LogP contribution in [0.5, 0.6) is 0 Å². The largest absolute Gasteiger partial charge is 0.374 e. The lowest BCUT2D eigenvalue weighted by molar-refractivity contribution is 0.591. The van der Waals surface area contributed by atoms with Crippen molar-refractivity contribution in [3.05, 3.63) is 91.0 Å². The van der Waals surface area contributed by atoms with Crippen molar-refractivity contribution in [3.8, 4) is 11.3 Å². The van der Waals surface area contributed by atoms with Crippen molar-refractivity contribution >= 4 is 34.6 Å². The number of aromatic nitrogens is 2. The quantitative estimate of drug-likeness (QED) is 0.424. The summed E-state index contributed by atoms with van der Waals surface area (Å²) in [5, 5.41) is 10.8. The maximum absolute atomic E-state index is 15.0. The van der Waals surface area contributed by atoms with Gasteiger partial charge in [-0.05, 0) is 0 Å². The molecule has 6 heteroatoms. The minimum atomic E-state index is -3.29. The monoisotopic (exact) mass is 442 g/mol. The Hall–Kier alpha value is -3.43. The van der Waals surface area contributed by atoms with E-state index in [4.69, 9.17) is 0 Å². The minimum absolute atomic E-state index is 0.489. The van der Waals surface area contributed by atoms with Gasteiger partial charge < -0.3 is 14.4 Å². The van der Waals surface area contributed by atoms with Gasteiger partial charge in [0.15, 0.2) is 12.6 Å². The highest BCUT2D eigenvalue weighted by Gasteiger charge is 2.37. The van der Waals surface area contributed by atoms with Crippen molar-refractivity contribution in [3.63, 3.8) is 0 Å². The molecule has 0 spiro atoms. The van der Waals surface area contributed by atoms with Gasteiger partial charge in [0.25, 0.3) is 0 Å². The molecule has 1 aromatic heterocycles. The third-order valence-electron chi connectivity index (χ3n) is 5.38. The molecule has 4 rings (SSSR count). The first-order valence-electron chi connectivity index (χ1n) is 10.5. The van der Waals surface area contributed by atoms with E-state index in [1.165, 1.54) is 0 Å². The summed E-state index contributed by atoms with van der Waals surface area (Å²) in [5.41, 5.74) is 3.91. The molecule has 0 fully saturated rings. The number of benzene rings is 3. The van der Waals surface area contributed by atoms with Crippen molar-refractivity contribution in [2.75, 3.05) is 38.0 Å². The van der Waals surface area contributed by atoms with Crippen molar-refractivity contribution in [1.82, 2.24) is 10.2 Å². The SMILES string of the molecule is CN(C)c1c(-c2ccccc2)nnc(P(=O)(c2ccccc2)c2ccccc2)c1N(C)C. The van der Waals surface area contributed by atoms with Crippen molar-refractivity contribution in [1.29, 1.82) is 0 Å². The van der Waals surface area contributed by atoms with Crippen LogP contribution in [0.3, 0.4) is 0 Å². The average molecular weight is 443 g/mol. The van der Waals surface area contributed by atoms with Crippen LogP contribution in [0.25, 0.3) is 11.3 Å². The van der Waals surface area contributed by atoms with E-state index in [0.717, 1.165) is 33.2 Å². The summed E-state index contributed by atoms with van der Waals surface area (Å²) in [6.07, 6.45) is 0. The third kappa shape index (κ3) is 3.80. The number of nitrogens with zero attached hydrogens (tertiary/aromatic N) is 4. The van der Waals surface area contributed by atoms with Crippen molar-refractivity contribution in [2.45, 2.75) is 0 Å². The van der Waals surface area contributed by atoms with Crippen LogP contribution in [0.4, 0.5) is 11.4 Å². The van der Waals surface area contributed by atoms with Gasteiger partial charge in [-0.15, -0.1) is 10.2 Å². The molecule has 0 atom stereocenters. The minimum Gasteiger partial charge on any atom is -0.374 e. The maximum Gasteiger partial charge on any atom is 0.192 e. The van der Waals surface area contributed by atoms with Gasteiger partial charge >= 0.3 is 0 Å². The van der Waals surface area contributed by atoms with E-state index in [9.17, 15) is 0 Å². The summed E-state index contributed by atoms with van der Waals surface area (Å²) >= 11 is 0. The number of hydrogen-bond donors (Lipinski definition) is 0. The predicted molar refractivity (Wildman–Crippen MR) is 136 cm³/mol. The van der Waals surface area contributed by atoms with Crippen LogP contribution in [0.1, 0.15) is 0 Å². The molecule has 3 aromatic carbocycles. The highest BCUT2D eigenvalue weighted by atomic mass is 31.2. The molecule has 0 aliphatic carbocycles. The van der Waals surface area contributed by atoms with Crippen LogP contribution in [-0.2, 0) is 4.57 Å². The molecule has 0 radical (unpaired) electrons. The predicted octanol–water partition coefficient (Wildman–Crippen LogP) is 3.92. The van der Waals surface area contributed by atoms with Crippen LogP contribution in [-0.4, -0.2) is 38.4 Å². The van der Waals surface area contributed by atoms with Gasteiger partial charge in [0.05, 0.1) is 11.4 Å². The molecule has 0 saturated heterocycles. The molecule has 4 aromatic rings. The number of hydrogen-bond acceptors (Lipinski definition) is 5. The lowest BCUT2D eigenvalue weighted by Gasteiger charge is -2.29. The molecule has 0 N–H and O–H groups in total. The Balaban J connectivity index is 2.10. The molecule has 0 aliphatic heterocycles. The fraction of sp³-hybridized carbons (Fsp3) is 0.154. The van der Waals surface area contributed by atoms with Crippen molar-refractivity contribution in [2.24, 2.45) is 0 Å². The number of rotatable bonds is 6. The topological polar surface area (TPSA) is 49.3 Å². The average Bonchev–Trinajstić information content (AvgIpc) is 2.84. The van der Waals surface area contributed by atoms with Gasteiger partial charge in [-0.1, -0.05) is 91.0 Å². The highest BCUT2D eigenvalue weighted by molar-refractivity contribution is 7.85. The summed E-state index contributed by atoms with van der Waals surface area (Å²) in [4.78, 5) is 4.01. The Morgan fingerprint density at radius 2 is 1.03 bits per heavy atom. The molecule has 162 valence electrons. The molecule has 0 aliphatic rings. The van der Waals surface area contributed by atoms with E-state index >= 15 is 4.57 Å². The van der Waals surface area contributed by atoms with Crippen LogP contribution >= 0.6 is 7.14 Å². The van der Waals surface area contributed by atoms with E-state index in [1.54, 1.807) is 0 Å². The molecule has 1 heterocycles. The first-order chi connectivity index (χ1) is 15.4. The van der Waals surface area contributed by atoms with Crippen LogP contribution in [0, 0.1) is 0 Å². The molecular weight excluding hydrogens is 415 g/mol. The molecule has 0 saturated carbocycles. The zero-order valence-corrected chi connectivity index (χ0v) is 19.7. The molecule has 0 amide bonds. The molecular formula is C26H27N4OP. The van der Waals surface area contributed by atoms with Crippen LogP contribution < -0.4 is 25.8 Å². The summed E-state index contributed by atoms with van der Waals surface area (Å²) in [5.74, 6) is 0. The molecule has 5 nitrogen and oxygen atoms in total. The van der Waals surface area contributed by atoms with E-state index in [1.807, 2.05) is 129 Å². The van der Waals surface area contributed by atoms with Gasteiger partial charge in [-0.3, -0.25) is 0 Å². The zero-order valence-electron chi connectivity index (χ0n) is 18.8. The van der Waals surface area contributed by atoms with E-state index in [2.05, 4.69) is 10.2 Å². The standard InChI is InChI=1S/C26H27N4OP/c1-29(2)24-23(20-14-8-5-9-15-20)27-28-26(25(24)30(3)4)32(31,21-16-10-6-11-17-21)22-18-12-7-13-19-22/h5-19H,1-4H3. The summed E-state index contributed by atoms with van der Waals surface area (Å²) in [6.45, 7) is 0. The Morgan fingerprint density at radius 1 is 0.594 bits per heavy atom. The second kappa shape index (κ2) is 8.97. The van der Waals surface area contributed by atoms with Gasteiger partial charge in [0, 0.05) is 44.4 Å². The summed E-state index contributed by atoms with van der Waals surface area (Å²) < 4.78 is 15.0. The van der Waals surface area contributed by atoms with Crippen LogP contribution in [0.15, 0.2) is 91.0 Å². The number of anilines is 2. The Morgan fingerprint density at radius 3 is 1.47 bits per heavy atom. The molecule has 0 unspecified atom stereocenters. The van der Waals surface area contributed by atoms with Gasteiger partial charge in [-0.25, -0.2) is 0 Å². The fourth-order valence-electron chi connectivity index (χ4n) is 3.92. The van der Waals surface area contributed by atoms with Crippen LogP contribution in [0.2, 0.25) is 0 Å². The Kier molecular flexibility index (Phi) is 6.11. The first-order valence-corrected chi connectivity index (χ1v) is 12.2. The molecule has 0 bridgehead atoms. The van der Waals surface area contributed by atoms with E-state index in [-0.39, 0.29) is 0 Å². The maximum atomic E-state index is 15.0. The zero-order chi connectivity index (χ0) is 22.7. The molecule has 32 heavy (non-hydrogen) atoms. The second-order valence-electron chi connectivity index (χ2n) is 8.00. The van der Waals surface area contributed by atoms with Gasteiger partial charge in [-0.2, -0.15) is 0 Å². The van der Waals surface area contributed by atoms with E-state index in [0.29, 0.717) is 5.44 Å². The Labute approximate surface area is 189 Å². The first kappa shape index (κ1) is 21.8. The summed E-state index contributed by atoms with van der Waals surface area (Å²) in [6, 6.07) is 29.2. The fourth-order valence-corrected chi connectivity index (χ4v) is 6.66. The third-order valence-corrected chi connectivity index (χ3v) is 8.33. The van der Waals surface area contributed by atoms with Gasteiger partial charge in [0.2, 0.25) is 0 Å². The lowest BCUT2D eigenvalue weighted by atomic mass is 10.1. The van der Waals surface area contributed by atoms with E-state index < -0.39 is 7.14 Å².